The highest BCUT2D eigenvalue weighted by Gasteiger charge is 2.29. The van der Waals surface area contributed by atoms with Crippen molar-refractivity contribution in [2.75, 3.05) is 26.7 Å². The second kappa shape index (κ2) is 11.8. The van der Waals surface area contributed by atoms with Gasteiger partial charge in [0.05, 0.1) is 12.5 Å². The van der Waals surface area contributed by atoms with Gasteiger partial charge in [-0.3, -0.25) is 9.69 Å². The summed E-state index contributed by atoms with van der Waals surface area (Å²) in [5.41, 5.74) is 5.49. The Bertz CT molecular complexity index is 190. The lowest BCUT2D eigenvalue weighted by Gasteiger charge is -2.21. The molecule has 6 heteroatoms. The Morgan fingerprint density at radius 2 is 1.94 bits per heavy atom. The molecule has 0 aromatic heterocycles. The third kappa shape index (κ3) is 8.09. The summed E-state index contributed by atoms with van der Waals surface area (Å²) in [5.74, 6) is -0.808. The van der Waals surface area contributed by atoms with Crippen LogP contribution < -0.4 is 5.73 Å². The van der Waals surface area contributed by atoms with Crippen molar-refractivity contribution in [3.05, 3.63) is 0 Å². The highest BCUT2D eigenvalue weighted by atomic mass is 16.4. The van der Waals surface area contributed by atoms with Crippen LogP contribution in [0.1, 0.15) is 26.7 Å². The molecule has 0 aromatic rings. The maximum absolute atomic E-state index is 10.3. The van der Waals surface area contributed by atoms with E-state index in [1.807, 2.05) is 18.7 Å². The molecule has 1 fully saturated rings. The van der Waals surface area contributed by atoms with Gasteiger partial charge in [0.25, 0.3) is 0 Å². The molecule has 1 aliphatic rings. The molecule has 1 aliphatic heterocycles. The Morgan fingerprint density at radius 1 is 1.41 bits per heavy atom. The van der Waals surface area contributed by atoms with E-state index >= 15 is 0 Å². The molecule has 2 atom stereocenters. The van der Waals surface area contributed by atoms with Crippen molar-refractivity contribution in [1.29, 1.82) is 0 Å². The normalized spacial score (nSPS) is 23.2. The van der Waals surface area contributed by atoms with Gasteiger partial charge in [-0.25, -0.2) is 0 Å². The fraction of sp³-hybridized carbons (Fsp3) is 0.909. The molecule has 0 aromatic carbocycles. The number of hydrogen-bond acceptors (Lipinski definition) is 5. The number of aliphatic hydroxyl groups excluding tert-OH is 2. The number of carboxylic acid groups (broad SMARTS) is 1. The number of likely N-dealkylation sites (tertiary alicyclic amines) is 1. The molecular weight excluding hydrogens is 224 g/mol. The van der Waals surface area contributed by atoms with E-state index in [1.54, 1.807) is 0 Å². The lowest BCUT2D eigenvalue weighted by molar-refractivity contribution is -0.137. The Hall–Kier alpha value is -0.690. The largest absolute Gasteiger partial charge is 0.481 e. The van der Waals surface area contributed by atoms with Crippen LogP contribution in [0.4, 0.5) is 0 Å². The van der Waals surface area contributed by atoms with E-state index in [9.17, 15) is 9.90 Å². The molecule has 0 bridgehead atoms. The topological polar surface area (TPSA) is 107 Å². The van der Waals surface area contributed by atoms with Gasteiger partial charge in [0.15, 0.2) is 0 Å². The van der Waals surface area contributed by atoms with Crippen molar-refractivity contribution < 1.29 is 20.1 Å². The van der Waals surface area contributed by atoms with Crippen LogP contribution in [-0.2, 0) is 4.79 Å². The third-order valence-corrected chi connectivity index (χ3v) is 2.39. The van der Waals surface area contributed by atoms with Crippen LogP contribution in [0.2, 0.25) is 0 Å². The quantitative estimate of drug-likeness (QED) is 0.535. The summed E-state index contributed by atoms with van der Waals surface area (Å²) in [5, 5.41) is 24.8. The first-order chi connectivity index (χ1) is 8.13. The van der Waals surface area contributed by atoms with E-state index in [0.717, 1.165) is 7.11 Å². The van der Waals surface area contributed by atoms with Crippen molar-refractivity contribution in [2.45, 2.75) is 38.8 Å². The smallest absolute Gasteiger partial charge is 0.304 e. The second-order valence-electron chi connectivity index (χ2n) is 3.42. The molecule has 2 unspecified atom stereocenters. The summed E-state index contributed by atoms with van der Waals surface area (Å²) in [4.78, 5) is 12.3. The van der Waals surface area contributed by atoms with Gasteiger partial charge < -0.3 is 21.1 Å². The van der Waals surface area contributed by atoms with Crippen LogP contribution >= 0.6 is 0 Å². The molecule has 1 heterocycles. The first-order valence-electron chi connectivity index (χ1n) is 5.92. The Labute approximate surface area is 103 Å². The Balaban J connectivity index is 0. The minimum atomic E-state index is -0.808. The van der Waals surface area contributed by atoms with E-state index < -0.39 is 5.97 Å². The molecule has 0 amide bonds. The fourth-order valence-electron chi connectivity index (χ4n) is 1.72. The van der Waals surface area contributed by atoms with E-state index in [2.05, 4.69) is 0 Å². The third-order valence-electron chi connectivity index (χ3n) is 2.39. The van der Waals surface area contributed by atoms with Crippen molar-refractivity contribution in [3.63, 3.8) is 0 Å². The molecule has 5 N–H and O–H groups in total. The summed E-state index contributed by atoms with van der Waals surface area (Å²) >= 11 is 0. The molecule has 6 nitrogen and oxygen atoms in total. The number of aliphatic hydroxyl groups is 2. The van der Waals surface area contributed by atoms with Crippen LogP contribution in [0.5, 0.6) is 0 Å². The summed E-state index contributed by atoms with van der Waals surface area (Å²) < 4.78 is 0. The zero-order valence-electron chi connectivity index (χ0n) is 11.0. The van der Waals surface area contributed by atoms with Crippen molar-refractivity contribution in [3.8, 4) is 0 Å². The summed E-state index contributed by atoms with van der Waals surface area (Å²) in [7, 11) is 1.00. The summed E-state index contributed by atoms with van der Waals surface area (Å²) in [6.07, 6.45) is 0.432. The molecule has 0 spiro atoms. The van der Waals surface area contributed by atoms with Gasteiger partial charge in [-0.1, -0.05) is 13.8 Å². The molecule has 1 rings (SSSR count). The number of nitrogens with zero attached hydrogens (tertiary/aromatic N) is 1. The van der Waals surface area contributed by atoms with Gasteiger partial charge in [-0.2, -0.15) is 0 Å². The Kier molecular flexibility index (Phi) is 12.9. The van der Waals surface area contributed by atoms with Crippen LogP contribution in [0.3, 0.4) is 0 Å². The van der Waals surface area contributed by atoms with Crippen molar-refractivity contribution >= 4 is 5.97 Å². The zero-order chi connectivity index (χ0) is 13.8. The van der Waals surface area contributed by atoms with Crippen LogP contribution in [0.25, 0.3) is 0 Å². The first kappa shape index (κ1) is 18.7. The van der Waals surface area contributed by atoms with Gasteiger partial charge in [0, 0.05) is 32.8 Å². The number of carboxylic acids is 1. The van der Waals surface area contributed by atoms with Gasteiger partial charge in [-0.05, 0) is 6.42 Å². The van der Waals surface area contributed by atoms with Crippen molar-refractivity contribution in [1.82, 2.24) is 4.90 Å². The number of aliphatic carboxylic acids is 1. The summed E-state index contributed by atoms with van der Waals surface area (Å²) in [6.45, 7) is 5.51. The summed E-state index contributed by atoms with van der Waals surface area (Å²) in [6, 6.07) is 0.148. The first-order valence-corrected chi connectivity index (χ1v) is 5.92. The molecule has 0 saturated carbocycles. The van der Waals surface area contributed by atoms with E-state index in [-0.39, 0.29) is 18.6 Å². The molecular formula is C11H26N2O4. The lowest BCUT2D eigenvalue weighted by Crippen LogP contribution is -2.36. The molecule has 17 heavy (non-hydrogen) atoms. The number of hydrogen-bond donors (Lipinski definition) is 4. The van der Waals surface area contributed by atoms with Crippen LogP contribution in [-0.4, -0.2) is 65.1 Å². The number of β-amino-alcohol motifs (C(OH)–C–C–N with tert-alkyl or cyclic N) is 1. The lowest BCUT2D eigenvalue weighted by atomic mass is 10.2. The van der Waals surface area contributed by atoms with Crippen LogP contribution in [0, 0.1) is 0 Å². The minimum absolute atomic E-state index is 0.114. The highest BCUT2D eigenvalue weighted by molar-refractivity contribution is 5.66. The van der Waals surface area contributed by atoms with E-state index in [4.69, 9.17) is 15.9 Å². The average molecular weight is 250 g/mol. The molecule has 0 radical (unpaired) electrons. The van der Waals surface area contributed by atoms with Gasteiger partial charge in [-0.15, -0.1) is 0 Å². The predicted molar refractivity (Wildman–Crippen MR) is 66.8 cm³/mol. The van der Waals surface area contributed by atoms with E-state index in [0.29, 0.717) is 26.1 Å². The SMILES string of the molecule is CC.CO.NCC1CC(O)CN1CCC(=O)O. The second-order valence-corrected chi connectivity index (χ2v) is 3.42. The van der Waals surface area contributed by atoms with Gasteiger partial charge >= 0.3 is 5.97 Å². The zero-order valence-corrected chi connectivity index (χ0v) is 11.0. The van der Waals surface area contributed by atoms with Gasteiger partial charge in [0.2, 0.25) is 0 Å². The minimum Gasteiger partial charge on any atom is -0.481 e. The highest BCUT2D eigenvalue weighted by Crippen LogP contribution is 2.16. The maximum atomic E-state index is 10.3. The van der Waals surface area contributed by atoms with Gasteiger partial charge in [0.1, 0.15) is 0 Å². The fourth-order valence-corrected chi connectivity index (χ4v) is 1.72. The Morgan fingerprint density at radius 3 is 2.35 bits per heavy atom. The number of nitrogens with two attached hydrogens (primary N) is 1. The number of rotatable bonds is 4. The van der Waals surface area contributed by atoms with Crippen LogP contribution in [0.15, 0.2) is 0 Å². The average Bonchev–Trinajstić information content (AvgIpc) is 2.72. The predicted octanol–water partition coefficient (Wildman–Crippen LogP) is -0.510. The monoisotopic (exact) mass is 250 g/mol. The molecule has 0 aliphatic carbocycles. The van der Waals surface area contributed by atoms with Crippen molar-refractivity contribution in [2.24, 2.45) is 5.73 Å². The standard InChI is InChI=1S/C8H16N2O3.C2H6.CH4O/c9-4-6-3-7(11)5-10(6)2-1-8(12)13;2*1-2/h6-7,11H,1-5,9H2,(H,12,13);1-2H3;2H,1H3. The molecule has 104 valence electrons. The number of carbonyl (C=O) groups is 1. The molecule has 1 saturated heterocycles. The maximum Gasteiger partial charge on any atom is 0.304 e. The van der Waals surface area contributed by atoms with E-state index in [1.165, 1.54) is 0 Å².